The maximum Gasteiger partial charge on any atom is 0.119 e. The zero-order valence-corrected chi connectivity index (χ0v) is 12.9. The van der Waals surface area contributed by atoms with E-state index < -0.39 is 0 Å². The molecule has 0 aliphatic rings. The molecule has 1 atom stereocenters. The topological polar surface area (TPSA) is 35.2 Å². The molecule has 0 aromatic heterocycles. The van der Waals surface area contributed by atoms with Crippen LogP contribution in [0, 0.1) is 0 Å². The van der Waals surface area contributed by atoms with Gasteiger partial charge in [0.05, 0.1) is 0 Å². The van der Waals surface area contributed by atoms with E-state index in [-0.39, 0.29) is 6.04 Å². The first-order valence-electron chi connectivity index (χ1n) is 7.03. The zero-order chi connectivity index (χ0) is 15.1. The number of nitrogens with two attached hydrogens (primary N) is 1. The van der Waals surface area contributed by atoms with Crippen LogP contribution in [0.2, 0.25) is 5.02 Å². The van der Waals surface area contributed by atoms with Gasteiger partial charge in [0.2, 0.25) is 0 Å². The standard InChI is InChI=1S/C18H20ClNO/c1-14(20)3-2-4-15-7-11-18(12-8-15)21-13-16-5-9-17(19)10-6-16/h2,4-12,14H,3,13,20H2,1H3. The molecule has 0 spiro atoms. The summed E-state index contributed by atoms with van der Waals surface area (Å²) in [6.45, 7) is 2.54. The Kier molecular flexibility index (Phi) is 5.85. The zero-order valence-electron chi connectivity index (χ0n) is 12.1. The minimum absolute atomic E-state index is 0.197. The summed E-state index contributed by atoms with van der Waals surface area (Å²) in [5.74, 6) is 0.856. The van der Waals surface area contributed by atoms with E-state index in [1.54, 1.807) is 0 Å². The molecule has 2 nitrogen and oxygen atoms in total. The fourth-order valence-corrected chi connectivity index (χ4v) is 1.97. The first-order chi connectivity index (χ1) is 10.1. The number of hydrogen-bond acceptors (Lipinski definition) is 2. The van der Waals surface area contributed by atoms with Gasteiger partial charge in [-0.2, -0.15) is 0 Å². The van der Waals surface area contributed by atoms with Gasteiger partial charge in [-0.25, -0.2) is 0 Å². The molecule has 0 radical (unpaired) electrons. The van der Waals surface area contributed by atoms with Crippen molar-refractivity contribution in [3.8, 4) is 5.75 Å². The summed E-state index contributed by atoms with van der Waals surface area (Å²) in [7, 11) is 0. The normalized spacial score (nSPS) is 12.5. The van der Waals surface area contributed by atoms with Gasteiger partial charge in [-0.05, 0) is 48.7 Å². The van der Waals surface area contributed by atoms with Crippen LogP contribution in [0.3, 0.4) is 0 Å². The third-order valence-electron chi connectivity index (χ3n) is 3.02. The predicted octanol–water partition coefficient (Wildman–Crippen LogP) is 4.67. The van der Waals surface area contributed by atoms with Crippen LogP contribution in [0.4, 0.5) is 0 Å². The second-order valence-electron chi connectivity index (χ2n) is 5.10. The number of rotatable bonds is 6. The van der Waals surface area contributed by atoms with Crippen LogP contribution >= 0.6 is 11.6 Å². The Hall–Kier alpha value is -1.77. The molecule has 0 saturated heterocycles. The van der Waals surface area contributed by atoms with Crippen molar-refractivity contribution in [2.75, 3.05) is 0 Å². The minimum Gasteiger partial charge on any atom is -0.489 e. The summed E-state index contributed by atoms with van der Waals surface area (Å²) in [4.78, 5) is 0. The largest absolute Gasteiger partial charge is 0.489 e. The van der Waals surface area contributed by atoms with Gasteiger partial charge in [-0.15, -0.1) is 0 Å². The summed E-state index contributed by atoms with van der Waals surface area (Å²) in [5.41, 5.74) is 7.95. The van der Waals surface area contributed by atoms with E-state index in [0.29, 0.717) is 6.61 Å². The number of hydrogen-bond donors (Lipinski definition) is 1. The molecule has 0 bridgehead atoms. The maximum absolute atomic E-state index is 5.85. The predicted molar refractivity (Wildman–Crippen MR) is 89.5 cm³/mol. The van der Waals surface area contributed by atoms with Crippen molar-refractivity contribution in [2.45, 2.75) is 26.0 Å². The molecule has 21 heavy (non-hydrogen) atoms. The lowest BCUT2D eigenvalue weighted by molar-refractivity contribution is 0.306. The molecule has 3 heteroatoms. The van der Waals surface area contributed by atoms with Crippen LogP contribution in [-0.2, 0) is 6.61 Å². The lowest BCUT2D eigenvalue weighted by atomic mass is 10.1. The molecule has 2 aromatic carbocycles. The van der Waals surface area contributed by atoms with Gasteiger partial charge in [0, 0.05) is 11.1 Å². The lowest BCUT2D eigenvalue weighted by Gasteiger charge is -2.06. The Morgan fingerprint density at radius 3 is 2.38 bits per heavy atom. The molecule has 0 saturated carbocycles. The second kappa shape index (κ2) is 7.87. The third-order valence-corrected chi connectivity index (χ3v) is 3.27. The Morgan fingerprint density at radius 1 is 1.10 bits per heavy atom. The number of ether oxygens (including phenoxy) is 1. The van der Waals surface area contributed by atoms with Crippen LogP contribution in [0.25, 0.3) is 6.08 Å². The summed E-state index contributed by atoms with van der Waals surface area (Å²) >= 11 is 5.85. The molecule has 0 amide bonds. The van der Waals surface area contributed by atoms with Crippen LogP contribution in [0.1, 0.15) is 24.5 Å². The monoisotopic (exact) mass is 301 g/mol. The molecule has 1 unspecified atom stereocenters. The second-order valence-corrected chi connectivity index (χ2v) is 5.54. The van der Waals surface area contributed by atoms with Gasteiger partial charge in [-0.3, -0.25) is 0 Å². The summed E-state index contributed by atoms with van der Waals surface area (Å²) < 4.78 is 5.74. The molecule has 0 aliphatic heterocycles. The van der Waals surface area contributed by atoms with E-state index in [9.17, 15) is 0 Å². The quantitative estimate of drug-likeness (QED) is 0.841. The fourth-order valence-electron chi connectivity index (χ4n) is 1.84. The lowest BCUT2D eigenvalue weighted by Crippen LogP contribution is -2.12. The van der Waals surface area contributed by atoms with E-state index in [0.717, 1.165) is 28.3 Å². The molecule has 2 N–H and O–H groups in total. The SMILES string of the molecule is CC(N)CC=Cc1ccc(OCc2ccc(Cl)cc2)cc1. The Morgan fingerprint density at radius 2 is 1.76 bits per heavy atom. The molecule has 2 rings (SSSR count). The van der Waals surface area contributed by atoms with E-state index in [1.165, 1.54) is 0 Å². The molecular weight excluding hydrogens is 282 g/mol. The van der Waals surface area contributed by atoms with Crippen LogP contribution in [0.15, 0.2) is 54.6 Å². The van der Waals surface area contributed by atoms with Crippen molar-refractivity contribution in [1.82, 2.24) is 0 Å². The minimum atomic E-state index is 0.197. The van der Waals surface area contributed by atoms with Gasteiger partial charge in [-0.1, -0.05) is 48.0 Å². The summed E-state index contributed by atoms with van der Waals surface area (Å²) in [6, 6.07) is 15.9. The van der Waals surface area contributed by atoms with Crippen molar-refractivity contribution in [3.05, 3.63) is 70.8 Å². The van der Waals surface area contributed by atoms with E-state index in [2.05, 4.69) is 12.2 Å². The van der Waals surface area contributed by atoms with Crippen molar-refractivity contribution in [2.24, 2.45) is 5.73 Å². The molecular formula is C18H20ClNO. The van der Waals surface area contributed by atoms with Crippen molar-refractivity contribution < 1.29 is 4.74 Å². The van der Waals surface area contributed by atoms with Gasteiger partial charge in [0.15, 0.2) is 0 Å². The average molecular weight is 302 g/mol. The highest BCUT2D eigenvalue weighted by Gasteiger charge is 1.97. The van der Waals surface area contributed by atoms with Crippen LogP contribution in [-0.4, -0.2) is 6.04 Å². The first kappa shape index (κ1) is 15.6. The van der Waals surface area contributed by atoms with Crippen molar-refractivity contribution in [1.29, 1.82) is 0 Å². The average Bonchev–Trinajstić information content (AvgIpc) is 2.48. The Bertz CT molecular complexity index is 573. The molecule has 110 valence electrons. The number of halogens is 1. The van der Waals surface area contributed by atoms with E-state index >= 15 is 0 Å². The van der Waals surface area contributed by atoms with Crippen molar-refractivity contribution >= 4 is 17.7 Å². The van der Waals surface area contributed by atoms with E-state index in [1.807, 2.05) is 55.5 Å². The number of benzene rings is 2. The first-order valence-corrected chi connectivity index (χ1v) is 7.41. The van der Waals surface area contributed by atoms with Gasteiger partial charge >= 0.3 is 0 Å². The van der Waals surface area contributed by atoms with Crippen molar-refractivity contribution in [3.63, 3.8) is 0 Å². The Balaban J connectivity index is 1.87. The third kappa shape index (κ3) is 5.62. The molecule has 0 fully saturated rings. The molecule has 2 aromatic rings. The van der Waals surface area contributed by atoms with E-state index in [4.69, 9.17) is 22.1 Å². The fraction of sp³-hybridized carbons (Fsp3) is 0.222. The van der Waals surface area contributed by atoms with Gasteiger partial charge in [0.25, 0.3) is 0 Å². The summed E-state index contributed by atoms with van der Waals surface area (Å²) in [6.07, 6.45) is 5.05. The smallest absolute Gasteiger partial charge is 0.119 e. The Labute approximate surface area is 131 Å². The van der Waals surface area contributed by atoms with Gasteiger partial charge in [0.1, 0.15) is 12.4 Å². The maximum atomic E-state index is 5.85. The molecule has 0 heterocycles. The highest BCUT2D eigenvalue weighted by molar-refractivity contribution is 6.30. The van der Waals surface area contributed by atoms with Gasteiger partial charge < -0.3 is 10.5 Å². The highest BCUT2D eigenvalue weighted by Crippen LogP contribution is 2.16. The van der Waals surface area contributed by atoms with Crippen LogP contribution < -0.4 is 10.5 Å². The summed E-state index contributed by atoms with van der Waals surface area (Å²) in [5, 5.41) is 0.738. The molecule has 0 aliphatic carbocycles. The highest BCUT2D eigenvalue weighted by atomic mass is 35.5. The van der Waals surface area contributed by atoms with Crippen LogP contribution in [0.5, 0.6) is 5.75 Å².